The van der Waals surface area contributed by atoms with Crippen molar-refractivity contribution in [2.75, 3.05) is 7.11 Å². The predicted octanol–water partition coefficient (Wildman–Crippen LogP) is 3.51. The van der Waals surface area contributed by atoms with E-state index in [0.717, 1.165) is 0 Å². The van der Waals surface area contributed by atoms with Crippen LogP contribution in [-0.2, 0) is 16.2 Å². The van der Waals surface area contributed by atoms with E-state index in [1.807, 2.05) is 0 Å². The van der Waals surface area contributed by atoms with E-state index < -0.39 is 16.8 Å². The zero-order valence-corrected chi connectivity index (χ0v) is 17.1. The van der Waals surface area contributed by atoms with E-state index in [1.165, 1.54) is 38.3 Å². The number of non-ortho nitro benzene ring substituents is 1. The summed E-state index contributed by atoms with van der Waals surface area (Å²) in [6, 6.07) is 9.18. The van der Waals surface area contributed by atoms with E-state index >= 15 is 0 Å². The number of rotatable bonds is 8. The third kappa shape index (κ3) is 6.04. The SMILES string of the molecule is COc1cc(/C=C(/NC(C)=O)C(=O)O)cc(Br)c1OCc1cccc([N+](=O)[O-])c1. The van der Waals surface area contributed by atoms with Gasteiger partial charge in [-0.05, 0) is 45.3 Å². The highest BCUT2D eigenvalue weighted by Gasteiger charge is 2.15. The number of aliphatic carboxylic acids is 1. The molecule has 9 nitrogen and oxygen atoms in total. The second-order valence-electron chi connectivity index (χ2n) is 5.79. The van der Waals surface area contributed by atoms with Crippen LogP contribution in [0.4, 0.5) is 5.69 Å². The highest BCUT2D eigenvalue weighted by Crippen LogP contribution is 2.37. The van der Waals surface area contributed by atoms with Crippen molar-refractivity contribution in [2.24, 2.45) is 0 Å². The standard InChI is InChI=1S/C19H17BrN2O7/c1-11(23)21-16(19(24)25)8-13-7-15(20)18(17(9-13)28-2)29-10-12-4-3-5-14(6-12)22(26)27/h3-9H,10H2,1-2H3,(H,21,23)(H,24,25)/b16-8+. The summed E-state index contributed by atoms with van der Waals surface area (Å²) < 4.78 is 11.5. The average molecular weight is 465 g/mol. The first-order chi connectivity index (χ1) is 13.7. The number of carboxylic acid groups (broad SMARTS) is 1. The molecule has 10 heteroatoms. The Balaban J connectivity index is 2.30. The van der Waals surface area contributed by atoms with Gasteiger partial charge in [0.2, 0.25) is 5.91 Å². The third-order valence-corrected chi connectivity index (χ3v) is 4.20. The fourth-order valence-corrected chi connectivity index (χ4v) is 2.96. The minimum Gasteiger partial charge on any atom is -0.493 e. The summed E-state index contributed by atoms with van der Waals surface area (Å²) in [6.07, 6.45) is 1.28. The zero-order valence-electron chi connectivity index (χ0n) is 15.5. The van der Waals surface area contributed by atoms with E-state index in [0.29, 0.717) is 27.1 Å². The van der Waals surface area contributed by atoms with E-state index in [1.54, 1.807) is 18.2 Å². The number of benzene rings is 2. The van der Waals surface area contributed by atoms with Gasteiger partial charge in [-0.3, -0.25) is 14.9 Å². The normalized spacial score (nSPS) is 10.9. The molecule has 2 rings (SSSR count). The van der Waals surface area contributed by atoms with Gasteiger partial charge in [-0.25, -0.2) is 4.79 Å². The van der Waals surface area contributed by atoms with Crippen molar-refractivity contribution in [1.82, 2.24) is 5.32 Å². The first-order valence-electron chi connectivity index (χ1n) is 8.17. The molecule has 0 bridgehead atoms. The summed E-state index contributed by atoms with van der Waals surface area (Å²) in [5, 5.41) is 22.3. The number of nitro groups is 1. The largest absolute Gasteiger partial charge is 0.493 e. The minimum absolute atomic E-state index is 0.0446. The van der Waals surface area contributed by atoms with Crippen molar-refractivity contribution >= 4 is 39.6 Å². The molecule has 0 aliphatic carbocycles. The van der Waals surface area contributed by atoms with Gasteiger partial charge in [-0.15, -0.1) is 0 Å². The van der Waals surface area contributed by atoms with Crippen LogP contribution in [0.1, 0.15) is 18.1 Å². The Morgan fingerprint density at radius 1 is 1.31 bits per heavy atom. The van der Waals surface area contributed by atoms with Crippen LogP contribution < -0.4 is 14.8 Å². The molecular weight excluding hydrogens is 448 g/mol. The van der Waals surface area contributed by atoms with Crippen LogP contribution >= 0.6 is 15.9 Å². The summed E-state index contributed by atoms with van der Waals surface area (Å²) >= 11 is 3.35. The number of halogens is 1. The molecule has 2 aromatic carbocycles. The lowest BCUT2D eigenvalue weighted by Gasteiger charge is -2.14. The maximum Gasteiger partial charge on any atom is 0.352 e. The molecule has 0 saturated carbocycles. The molecule has 0 aromatic heterocycles. The molecule has 2 N–H and O–H groups in total. The maximum absolute atomic E-state index is 11.3. The summed E-state index contributed by atoms with van der Waals surface area (Å²) in [7, 11) is 1.42. The fraction of sp³-hybridized carbons (Fsp3) is 0.158. The molecule has 0 atom stereocenters. The van der Waals surface area contributed by atoms with Crippen LogP contribution in [0.2, 0.25) is 0 Å². The number of carboxylic acids is 1. The summed E-state index contributed by atoms with van der Waals surface area (Å²) in [5.41, 5.74) is 0.701. The van der Waals surface area contributed by atoms with E-state index in [4.69, 9.17) is 9.47 Å². The van der Waals surface area contributed by atoms with Gasteiger partial charge in [0.05, 0.1) is 16.5 Å². The third-order valence-electron chi connectivity index (χ3n) is 3.61. The predicted molar refractivity (Wildman–Crippen MR) is 108 cm³/mol. The number of carbonyl (C=O) groups excluding carboxylic acids is 1. The first kappa shape index (κ1) is 21.9. The molecule has 0 spiro atoms. The number of nitro benzene ring substituents is 1. The van der Waals surface area contributed by atoms with Gasteiger partial charge < -0.3 is 19.9 Å². The zero-order chi connectivity index (χ0) is 21.6. The van der Waals surface area contributed by atoms with Gasteiger partial charge in [0.1, 0.15) is 12.3 Å². The molecule has 0 heterocycles. The van der Waals surface area contributed by atoms with Crippen molar-refractivity contribution in [3.63, 3.8) is 0 Å². The molecule has 0 aliphatic heterocycles. The molecule has 0 aliphatic rings. The summed E-state index contributed by atoms with van der Waals surface area (Å²) in [6.45, 7) is 1.26. The van der Waals surface area contributed by atoms with Crippen LogP contribution in [0.15, 0.2) is 46.6 Å². The van der Waals surface area contributed by atoms with Crippen molar-refractivity contribution < 1.29 is 29.1 Å². The molecule has 152 valence electrons. The lowest BCUT2D eigenvalue weighted by Crippen LogP contribution is -2.24. The first-order valence-corrected chi connectivity index (χ1v) is 8.96. The Kier molecular flexibility index (Phi) is 7.32. The monoisotopic (exact) mass is 464 g/mol. The molecule has 2 aromatic rings. The smallest absolute Gasteiger partial charge is 0.352 e. The van der Waals surface area contributed by atoms with Crippen LogP contribution in [0.5, 0.6) is 11.5 Å². The van der Waals surface area contributed by atoms with Crippen LogP contribution in [-0.4, -0.2) is 29.0 Å². The molecule has 0 saturated heterocycles. The fourth-order valence-electron chi connectivity index (χ4n) is 2.39. The number of hydrogen-bond donors (Lipinski definition) is 2. The molecule has 1 amide bonds. The summed E-state index contributed by atoms with van der Waals surface area (Å²) in [4.78, 5) is 32.8. The molecule has 0 unspecified atom stereocenters. The average Bonchev–Trinajstić information content (AvgIpc) is 2.66. The highest BCUT2D eigenvalue weighted by atomic mass is 79.9. The van der Waals surface area contributed by atoms with Crippen molar-refractivity contribution in [3.8, 4) is 11.5 Å². The van der Waals surface area contributed by atoms with Gasteiger partial charge in [0.25, 0.3) is 5.69 Å². The molecule has 0 radical (unpaired) electrons. The molecule has 29 heavy (non-hydrogen) atoms. The molecule has 0 fully saturated rings. The molecular formula is C19H17BrN2O7. The Morgan fingerprint density at radius 2 is 2.03 bits per heavy atom. The Hall–Kier alpha value is -3.40. The van der Waals surface area contributed by atoms with Gasteiger partial charge in [0.15, 0.2) is 11.5 Å². The number of carbonyl (C=O) groups is 2. The number of amides is 1. The minimum atomic E-state index is -1.29. The van der Waals surface area contributed by atoms with Gasteiger partial charge in [-0.2, -0.15) is 0 Å². The maximum atomic E-state index is 11.3. The lowest BCUT2D eigenvalue weighted by molar-refractivity contribution is -0.384. The number of methoxy groups -OCH3 is 1. The van der Waals surface area contributed by atoms with Gasteiger partial charge in [0, 0.05) is 19.1 Å². The second kappa shape index (κ2) is 9.69. The van der Waals surface area contributed by atoms with Crippen molar-refractivity contribution in [1.29, 1.82) is 0 Å². The van der Waals surface area contributed by atoms with Crippen LogP contribution in [0.25, 0.3) is 6.08 Å². The number of hydrogen-bond acceptors (Lipinski definition) is 6. The van der Waals surface area contributed by atoms with E-state index in [-0.39, 0.29) is 18.0 Å². The lowest BCUT2D eigenvalue weighted by atomic mass is 10.1. The summed E-state index contributed by atoms with van der Waals surface area (Å²) in [5.74, 6) is -1.15. The Morgan fingerprint density at radius 3 is 2.62 bits per heavy atom. The number of nitrogens with zero attached hydrogens (tertiary/aromatic N) is 1. The van der Waals surface area contributed by atoms with Crippen molar-refractivity contribution in [3.05, 3.63) is 67.8 Å². The van der Waals surface area contributed by atoms with Crippen LogP contribution in [0, 0.1) is 10.1 Å². The van der Waals surface area contributed by atoms with Crippen LogP contribution in [0.3, 0.4) is 0 Å². The Bertz CT molecular complexity index is 989. The second-order valence-corrected chi connectivity index (χ2v) is 6.65. The number of ether oxygens (including phenoxy) is 2. The topological polar surface area (TPSA) is 128 Å². The van der Waals surface area contributed by atoms with Gasteiger partial charge >= 0.3 is 5.97 Å². The van der Waals surface area contributed by atoms with E-state index in [2.05, 4.69) is 21.2 Å². The van der Waals surface area contributed by atoms with Gasteiger partial charge in [-0.1, -0.05) is 12.1 Å². The highest BCUT2D eigenvalue weighted by molar-refractivity contribution is 9.10. The van der Waals surface area contributed by atoms with E-state index in [9.17, 15) is 24.8 Å². The Labute approximate surface area is 174 Å². The van der Waals surface area contributed by atoms with Crippen molar-refractivity contribution in [2.45, 2.75) is 13.5 Å². The quantitative estimate of drug-likeness (QED) is 0.347. The number of nitrogens with one attached hydrogen (secondary N) is 1.